The molecule has 1 fully saturated rings. The number of hydrogen-bond acceptors (Lipinski definition) is 4. The summed E-state index contributed by atoms with van der Waals surface area (Å²) in [6.45, 7) is 0.391. The van der Waals surface area contributed by atoms with Crippen LogP contribution in [0.5, 0.6) is 0 Å². The van der Waals surface area contributed by atoms with Crippen molar-refractivity contribution in [3.8, 4) is 44.5 Å². The molecule has 296 valence electrons. The number of hydrogen-bond donors (Lipinski definition) is 0. The molecule has 0 N–H and O–H groups in total. The second-order valence-corrected chi connectivity index (χ2v) is 18.4. The predicted octanol–water partition coefficient (Wildman–Crippen LogP) is 11.2. The molecule has 2 amide bonds. The summed E-state index contributed by atoms with van der Waals surface area (Å²) in [7, 11) is 0. The first kappa shape index (κ1) is 39.0. The van der Waals surface area contributed by atoms with Gasteiger partial charge in [0.25, 0.3) is 0 Å². The van der Waals surface area contributed by atoms with Crippen molar-refractivity contribution in [2.45, 2.75) is 12.8 Å². The lowest BCUT2D eigenvalue weighted by Crippen LogP contribution is -2.59. The largest absolute Gasteiger partial charge is 0.376 e. The SMILES string of the molecule is Brc1ccc2c(c1)-c1ccccc1B1c3ccccc3-c3cc(Br)ccc3N12.O=C1CCC(=O)N1Br.c1ccc2c(c1)B1c3ccccc3-c3ccccc3N1c1ccccc1-2. The molecule has 5 nitrogen and oxygen atoms in total. The van der Waals surface area contributed by atoms with Gasteiger partial charge in [-0.25, -0.2) is 3.93 Å². The zero-order valence-electron chi connectivity index (χ0n) is 33.2. The van der Waals surface area contributed by atoms with Crippen LogP contribution in [0.25, 0.3) is 44.5 Å². The van der Waals surface area contributed by atoms with Gasteiger partial charge in [0, 0.05) is 66.8 Å². The van der Waals surface area contributed by atoms with E-state index >= 15 is 0 Å². The third-order valence-corrected chi connectivity index (χ3v) is 14.2. The van der Waals surface area contributed by atoms with Crippen molar-refractivity contribution in [2.75, 3.05) is 9.62 Å². The fraction of sp³-hybridized carbons (Fsp3) is 0.0385. The number of amides is 2. The average Bonchev–Trinajstić information content (AvgIpc) is 3.62. The highest BCUT2D eigenvalue weighted by Crippen LogP contribution is 2.48. The topological polar surface area (TPSA) is 43.9 Å². The molecular formula is C52H34B2Br3N3O2. The van der Waals surface area contributed by atoms with Crippen molar-refractivity contribution in [3.63, 3.8) is 0 Å². The van der Waals surface area contributed by atoms with Crippen LogP contribution in [0.2, 0.25) is 0 Å². The minimum absolute atomic E-state index is 0.144. The summed E-state index contributed by atoms with van der Waals surface area (Å²) >= 11 is 10.1. The molecule has 0 atom stereocenters. The molecule has 1 saturated heterocycles. The van der Waals surface area contributed by atoms with Gasteiger partial charge in [0.1, 0.15) is 0 Å². The normalized spacial score (nSPS) is 14.1. The zero-order valence-corrected chi connectivity index (χ0v) is 37.9. The van der Waals surface area contributed by atoms with Gasteiger partial charge in [-0.05, 0) is 92.6 Å². The van der Waals surface area contributed by atoms with Crippen LogP contribution in [-0.2, 0) is 9.59 Å². The number of para-hydroxylation sites is 2. The number of imide groups is 1. The summed E-state index contributed by atoms with van der Waals surface area (Å²) in [6.07, 6.45) is 0.703. The van der Waals surface area contributed by atoms with E-state index < -0.39 is 0 Å². The molecule has 5 heterocycles. The quantitative estimate of drug-likeness (QED) is 0.0863. The number of halogens is 3. The highest BCUT2D eigenvalue weighted by atomic mass is 79.9. The van der Waals surface area contributed by atoms with E-state index in [1.807, 2.05) is 0 Å². The molecule has 0 radical (unpaired) electrons. The van der Waals surface area contributed by atoms with Gasteiger partial charge < -0.3 is 9.62 Å². The van der Waals surface area contributed by atoms with E-state index in [4.69, 9.17) is 0 Å². The minimum Gasteiger partial charge on any atom is -0.376 e. The lowest BCUT2D eigenvalue weighted by atomic mass is 9.43. The van der Waals surface area contributed by atoms with Gasteiger partial charge in [-0.1, -0.05) is 165 Å². The summed E-state index contributed by atoms with van der Waals surface area (Å²) < 4.78 is 3.19. The standard InChI is InChI=1S/C24H14BBr2N.C24H16BN.C4H4BrNO2/c26-15-9-11-23-19(13-15)17-5-1-3-7-21(17)25-22-8-4-2-6-18(22)20-14-16(27)10-12-24(20)28(23)25;1-5-13-21-17(9-1)19-11-3-7-15-23(19)26-24-16-8-4-12-20(24)18-10-2-6-14-22(18)25(21)26;5-6-3(7)1-2-4(6)8/h1-14H;1-16H;1-2H2. The first-order valence-electron chi connectivity index (χ1n) is 20.6. The van der Waals surface area contributed by atoms with Crippen LogP contribution in [-0.4, -0.2) is 29.4 Å². The Bertz CT molecular complexity index is 2840. The van der Waals surface area contributed by atoms with Crippen LogP contribution < -0.4 is 31.5 Å². The highest BCUT2D eigenvalue weighted by Gasteiger charge is 2.43. The Labute approximate surface area is 386 Å². The summed E-state index contributed by atoms with van der Waals surface area (Å²) in [5.74, 6) is -0.287. The third kappa shape index (κ3) is 6.33. The molecule has 0 saturated carbocycles. The Morgan fingerprint density at radius 2 is 0.645 bits per heavy atom. The second-order valence-electron chi connectivity index (χ2n) is 15.8. The van der Waals surface area contributed by atoms with Crippen LogP contribution in [0, 0.1) is 0 Å². The molecule has 10 heteroatoms. The maximum Gasteiger partial charge on any atom is 0.329 e. The van der Waals surface area contributed by atoms with E-state index in [2.05, 4.69) is 240 Å². The van der Waals surface area contributed by atoms with E-state index in [1.165, 1.54) is 89.1 Å². The van der Waals surface area contributed by atoms with E-state index in [0.717, 1.165) is 12.9 Å². The smallest absolute Gasteiger partial charge is 0.329 e. The minimum atomic E-state index is -0.144. The van der Waals surface area contributed by atoms with Crippen molar-refractivity contribution in [3.05, 3.63) is 191 Å². The van der Waals surface area contributed by atoms with E-state index in [9.17, 15) is 9.59 Å². The summed E-state index contributed by atoms with van der Waals surface area (Å²) in [5.41, 5.74) is 21.1. The second kappa shape index (κ2) is 15.8. The Morgan fingerprint density at radius 3 is 0.984 bits per heavy atom. The van der Waals surface area contributed by atoms with Crippen LogP contribution >= 0.6 is 48.0 Å². The van der Waals surface area contributed by atoms with Gasteiger partial charge in [-0.15, -0.1) is 0 Å². The summed E-state index contributed by atoms with van der Waals surface area (Å²) in [4.78, 5) is 25.9. The van der Waals surface area contributed by atoms with Gasteiger partial charge in [0.05, 0.1) is 16.1 Å². The fourth-order valence-electron chi connectivity index (χ4n) is 9.87. The average molecular weight is 994 g/mol. The number of fused-ring (bicyclic) bond motifs is 22. The predicted molar refractivity (Wildman–Crippen MR) is 267 cm³/mol. The van der Waals surface area contributed by atoms with Crippen molar-refractivity contribution in [2.24, 2.45) is 0 Å². The number of carbonyl (C=O) groups is 2. The van der Waals surface area contributed by atoms with Crippen molar-refractivity contribution in [1.82, 2.24) is 3.93 Å². The first-order valence-corrected chi connectivity index (χ1v) is 22.9. The number of benzene rings is 8. The molecule has 5 aliphatic rings. The summed E-state index contributed by atoms with van der Waals surface area (Å²) in [5, 5.41) is 0. The van der Waals surface area contributed by atoms with Crippen LogP contribution in [0.1, 0.15) is 12.8 Å². The molecule has 0 aromatic heterocycles. The van der Waals surface area contributed by atoms with Gasteiger partial charge in [0.2, 0.25) is 11.8 Å². The van der Waals surface area contributed by atoms with Crippen LogP contribution in [0.15, 0.2) is 191 Å². The summed E-state index contributed by atoms with van der Waals surface area (Å²) in [6, 6.07) is 66.1. The van der Waals surface area contributed by atoms with Gasteiger partial charge in [-0.3, -0.25) is 9.59 Å². The number of rotatable bonds is 0. The number of anilines is 4. The zero-order chi connectivity index (χ0) is 42.1. The van der Waals surface area contributed by atoms with E-state index in [1.54, 1.807) is 0 Å². The molecule has 13 rings (SSSR count). The molecule has 8 aromatic carbocycles. The molecule has 0 bridgehead atoms. The molecule has 62 heavy (non-hydrogen) atoms. The maximum absolute atomic E-state index is 10.4. The van der Waals surface area contributed by atoms with Gasteiger partial charge in [-0.2, -0.15) is 0 Å². The Balaban J connectivity index is 0.000000119. The van der Waals surface area contributed by atoms with Gasteiger partial charge >= 0.3 is 13.7 Å². The van der Waals surface area contributed by atoms with Crippen LogP contribution in [0.4, 0.5) is 22.7 Å². The molecule has 0 unspecified atom stereocenters. The third-order valence-electron chi connectivity index (χ3n) is 12.5. The number of carbonyl (C=O) groups excluding carboxylic acids is 2. The van der Waals surface area contributed by atoms with Crippen molar-refractivity contribution >= 4 is 118 Å². The van der Waals surface area contributed by atoms with Crippen molar-refractivity contribution < 1.29 is 9.59 Å². The van der Waals surface area contributed by atoms with Crippen LogP contribution in [0.3, 0.4) is 0 Å². The monoisotopic (exact) mass is 991 g/mol. The lowest BCUT2D eigenvalue weighted by Gasteiger charge is -2.43. The Kier molecular flexibility index (Phi) is 9.90. The molecule has 5 aliphatic heterocycles. The molecular weight excluding hydrogens is 960 g/mol. The van der Waals surface area contributed by atoms with Crippen molar-refractivity contribution in [1.29, 1.82) is 0 Å². The van der Waals surface area contributed by atoms with Gasteiger partial charge in [0.15, 0.2) is 0 Å². The molecule has 0 aliphatic carbocycles. The Hall–Kier alpha value is -5.93. The highest BCUT2D eigenvalue weighted by molar-refractivity contribution is 9.10. The number of nitrogens with zero attached hydrogens (tertiary/aromatic N) is 3. The molecule has 8 aromatic rings. The Morgan fingerprint density at radius 1 is 0.355 bits per heavy atom. The lowest BCUT2D eigenvalue weighted by molar-refractivity contribution is -0.131. The maximum atomic E-state index is 10.4. The first-order chi connectivity index (χ1) is 30.4. The molecule has 0 spiro atoms. The van der Waals surface area contributed by atoms with E-state index in [-0.39, 0.29) is 25.5 Å². The van der Waals surface area contributed by atoms with E-state index in [0.29, 0.717) is 12.8 Å². The fourth-order valence-corrected chi connectivity index (χ4v) is 10.9.